The Morgan fingerprint density at radius 1 is 0.976 bits per heavy atom. The first-order valence-electron chi connectivity index (χ1n) is 14.7. The van der Waals surface area contributed by atoms with E-state index in [1.165, 1.54) is 5.56 Å². The summed E-state index contributed by atoms with van der Waals surface area (Å²) in [6.45, 7) is 7.22. The number of hydrogen-bond acceptors (Lipinski definition) is 6. The largest absolute Gasteiger partial charge is 0.497 e. The number of rotatable bonds is 12. The van der Waals surface area contributed by atoms with Crippen molar-refractivity contribution in [2.24, 2.45) is 0 Å². The van der Waals surface area contributed by atoms with Gasteiger partial charge >= 0.3 is 0 Å². The van der Waals surface area contributed by atoms with E-state index in [9.17, 15) is 9.90 Å². The topological polar surface area (TPSA) is 81.1 Å². The van der Waals surface area contributed by atoms with E-state index < -0.39 is 0 Å². The molecule has 1 aliphatic heterocycles. The second-order valence-electron chi connectivity index (χ2n) is 11.8. The van der Waals surface area contributed by atoms with Crippen molar-refractivity contribution in [2.45, 2.75) is 70.9 Å². The van der Waals surface area contributed by atoms with Crippen LogP contribution in [0.4, 0.5) is 0 Å². The number of carbonyl (C=O) groups is 1. The molecule has 1 aliphatic rings. The molecule has 0 radical (unpaired) electrons. The third-order valence-electron chi connectivity index (χ3n) is 7.89. The molecule has 1 aromatic heterocycles. The summed E-state index contributed by atoms with van der Waals surface area (Å²) in [6.07, 6.45) is 5.76. The molecule has 1 saturated heterocycles. The number of aliphatic hydroxyl groups is 1. The van der Waals surface area contributed by atoms with Crippen LogP contribution >= 0.6 is 0 Å². The number of aromatic nitrogens is 1. The Morgan fingerprint density at radius 3 is 2.36 bits per heavy atom. The van der Waals surface area contributed by atoms with Gasteiger partial charge in [0.1, 0.15) is 11.5 Å². The molecule has 0 bridgehead atoms. The van der Waals surface area contributed by atoms with Crippen LogP contribution in [0.5, 0.6) is 17.4 Å². The van der Waals surface area contributed by atoms with E-state index in [1.807, 2.05) is 29.2 Å². The lowest BCUT2D eigenvalue weighted by molar-refractivity contribution is -0.129. The van der Waals surface area contributed by atoms with Gasteiger partial charge in [-0.25, -0.2) is 4.98 Å². The molecular weight excluding hydrogens is 528 g/mol. The van der Waals surface area contributed by atoms with E-state index in [2.05, 4.69) is 57.2 Å². The predicted molar refractivity (Wildman–Crippen MR) is 166 cm³/mol. The van der Waals surface area contributed by atoms with Crippen LogP contribution in [0.1, 0.15) is 74.4 Å². The van der Waals surface area contributed by atoms with Crippen LogP contribution in [-0.2, 0) is 23.2 Å². The number of hydrogen-bond donors (Lipinski definition) is 1. The zero-order chi connectivity index (χ0) is 30.3. The first kappa shape index (κ1) is 31.1. The van der Waals surface area contributed by atoms with Crippen molar-refractivity contribution >= 4 is 11.5 Å². The Balaban J connectivity index is 1.75. The van der Waals surface area contributed by atoms with Gasteiger partial charge in [-0.05, 0) is 60.4 Å². The lowest BCUT2D eigenvalue weighted by Crippen LogP contribution is -2.31. The van der Waals surface area contributed by atoms with Gasteiger partial charge in [-0.15, -0.1) is 0 Å². The maximum atomic E-state index is 13.2. The summed E-state index contributed by atoms with van der Waals surface area (Å²) in [4.78, 5) is 20.0. The van der Waals surface area contributed by atoms with Gasteiger partial charge in [0.2, 0.25) is 11.8 Å². The molecule has 4 rings (SSSR count). The number of nitrogens with zero attached hydrogens (tertiary/aromatic N) is 2. The van der Waals surface area contributed by atoms with E-state index >= 15 is 0 Å². The number of likely N-dealkylation sites (tertiary alicyclic amines) is 1. The standard InChI is InChI=1S/C35H44N2O5/c1-35(2,3)27-14-10-24(11-15-27)30(31-18-13-25(9-7-8-20-38)34(36-31)42-6)21-28-16-19-33(39)37(28)23-26-12-17-29(40-4)22-32(26)41-5/h10-15,17-18,21-22,28,38H,7-9,16,19-20,23H2,1-6H3/b30-21+/t28-/m1/s1. The number of aliphatic hydroxyl groups excluding tert-OH is 1. The smallest absolute Gasteiger partial charge is 0.223 e. The molecule has 1 atom stereocenters. The second kappa shape index (κ2) is 13.9. The van der Waals surface area contributed by atoms with E-state index in [-0.39, 0.29) is 24.0 Å². The van der Waals surface area contributed by atoms with Crippen LogP contribution in [-0.4, -0.2) is 54.9 Å². The van der Waals surface area contributed by atoms with Crippen LogP contribution in [0.3, 0.4) is 0 Å². The predicted octanol–water partition coefficient (Wildman–Crippen LogP) is 6.34. The monoisotopic (exact) mass is 572 g/mol. The van der Waals surface area contributed by atoms with E-state index in [4.69, 9.17) is 19.2 Å². The average molecular weight is 573 g/mol. The third kappa shape index (κ3) is 7.32. The summed E-state index contributed by atoms with van der Waals surface area (Å²) >= 11 is 0. The van der Waals surface area contributed by atoms with Crippen LogP contribution in [0.25, 0.3) is 5.57 Å². The molecular formula is C35H44N2O5. The first-order chi connectivity index (χ1) is 20.2. The van der Waals surface area contributed by atoms with Crippen LogP contribution in [0.2, 0.25) is 0 Å². The number of ether oxygens (including phenoxy) is 3. The molecule has 0 unspecified atom stereocenters. The molecule has 224 valence electrons. The summed E-state index contributed by atoms with van der Waals surface area (Å²) in [5.74, 6) is 2.10. The van der Waals surface area contributed by atoms with Gasteiger partial charge in [-0.1, -0.05) is 57.2 Å². The highest BCUT2D eigenvalue weighted by molar-refractivity contribution is 5.83. The molecule has 0 aliphatic carbocycles. The second-order valence-corrected chi connectivity index (χ2v) is 11.8. The van der Waals surface area contributed by atoms with Gasteiger partial charge in [0.05, 0.1) is 33.1 Å². The molecule has 1 amide bonds. The minimum absolute atomic E-state index is 0.0339. The Kier molecular flexibility index (Phi) is 10.3. The average Bonchev–Trinajstić information content (AvgIpc) is 3.34. The van der Waals surface area contributed by atoms with Crippen LogP contribution < -0.4 is 14.2 Å². The molecule has 42 heavy (non-hydrogen) atoms. The van der Waals surface area contributed by atoms with Gasteiger partial charge in [-0.3, -0.25) is 4.79 Å². The highest BCUT2D eigenvalue weighted by Gasteiger charge is 2.31. The van der Waals surface area contributed by atoms with Crippen molar-refractivity contribution in [3.05, 3.63) is 88.6 Å². The van der Waals surface area contributed by atoms with Crippen molar-refractivity contribution in [2.75, 3.05) is 27.9 Å². The van der Waals surface area contributed by atoms with Crippen molar-refractivity contribution < 1.29 is 24.1 Å². The Labute approximate surface area is 250 Å². The van der Waals surface area contributed by atoms with Gasteiger partial charge in [-0.2, -0.15) is 0 Å². The van der Waals surface area contributed by atoms with E-state index in [1.54, 1.807) is 21.3 Å². The molecule has 2 aromatic carbocycles. The minimum Gasteiger partial charge on any atom is -0.497 e. The molecule has 3 aromatic rings. The lowest BCUT2D eigenvalue weighted by atomic mass is 9.86. The molecule has 1 fully saturated rings. The Morgan fingerprint density at radius 2 is 1.71 bits per heavy atom. The maximum Gasteiger partial charge on any atom is 0.223 e. The van der Waals surface area contributed by atoms with E-state index in [0.29, 0.717) is 30.3 Å². The fraction of sp³-hybridized carbons (Fsp3) is 0.429. The quantitative estimate of drug-likeness (QED) is 0.255. The molecule has 1 N–H and O–H groups in total. The molecule has 7 nitrogen and oxygen atoms in total. The Hall–Kier alpha value is -3.84. The highest BCUT2D eigenvalue weighted by Crippen LogP contribution is 2.34. The van der Waals surface area contributed by atoms with E-state index in [0.717, 1.165) is 53.6 Å². The summed E-state index contributed by atoms with van der Waals surface area (Å²) in [5.41, 5.74) is 6.01. The van der Waals surface area contributed by atoms with Gasteiger partial charge in [0.25, 0.3) is 0 Å². The zero-order valence-electron chi connectivity index (χ0n) is 25.8. The fourth-order valence-electron chi connectivity index (χ4n) is 5.39. The van der Waals surface area contributed by atoms with Crippen LogP contribution in [0, 0.1) is 0 Å². The third-order valence-corrected chi connectivity index (χ3v) is 7.89. The molecule has 0 saturated carbocycles. The number of carbonyl (C=O) groups excluding carboxylic acids is 1. The maximum absolute atomic E-state index is 13.2. The van der Waals surface area contributed by atoms with Crippen molar-refractivity contribution in [3.63, 3.8) is 0 Å². The number of benzene rings is 2. The van der Waals surface area contributed by atoms with Crippen molar-refractivity contribution in [1.29, 1.82) is 0 Å². The minimum atomic E-state index is -0.112. The van der Waals surface area contributed by atoms with Crippen LogP contribution in [0.15, 0.2) is 60.7 Å². The van der Waals surface area contributed by atoms with Gasteiger partial charge in [0, 0.05) is 42.3 Å². The molecule has 7 heteroatoms. The SMILES string of the molecule is COc1ccc(CN2C(=O)CC[C@@H]2/C=C(\c2ccc(C(C)(C)C)cc2)c2ccc(CCCCO)c(OC)n2)c(OC)c1. The lowest BCUT2D eigenvalue weighted by Gasteiger charge is -2.25. The molecule has 0 spiro atoms. The number of unbranched alkanes of at least 4 members (excludes halogenated alkanes) is 1. The fourth-order valence-corrected chi connectivity index (χ4v) is 5.39. The first-order valence-corrected chi connectivity index (χ1v) is 14.7. The summed E-state index contributed by atoms with van der Waals surface area (Å²) < 4.78 is 16.7. The summed E-state index contributed by atoms with van der Waals surface area (Å²) in [6, 6.07) is 18.3. The zero-order valence-corrected chi connectivity index (χ0v) is 25.8. The highest BCUT2D eigenvalue weighted by atomic mass is 16.5. The normalized spacial score (nSPS) is 15.7. The number of amides is 1. The molecule has 2 heterocycles. The number of pyridine rings is 1. The van der Waals surface area contributed by atoms with Crippen molar-refractivity contribution in [1.82, 2.24) is 9.88 Å². The van der Waals surface area contributed by atoms with Gasteiger partial charge in [0.15, 0.2) is 0 Å². The number of aryl methyl sites for hydroxylation is 1. The summed E-state index contributed by atoms with van der Waals surface area (Å²) in [5, 5.41) is 9.21. The van der Waals surface area contributed by atoms with Gasteiger partial charge < -0.3 is 24.2 Å². The summed E-state index contributed by atoms with van der Waals surface area (Å²) in [7, 11) is 4.90. The van der Waals surface area contributed by atoms with Crippen molar-refractivity contribution in [3.8, 4) is 17.4 Å². The number of methoxy groups -OCH3 is 3. The Bertz CT molecular complexity index is 1390.